The zero-order valence-corrected chi connectivity index (χ0v) is 19.5. The quantitative estimate of drug-likeness (QED) is 0.625. The first-order valence-corrected chi connectivity index (χ1v) is 12.6. The van der Waals surface area contributed by atoms with Crippen molar-refractivity contribution >= 4 is 27.3 Å². The Kier molecular flexibility index (Phi) is 7.52. The Labute approximate surface area is 184 Å². The Morgan fingerprint density at radius 3 is 2.50 bits per heavy atom. The van der Waals surface area contributed by atoms with E-state index in [2.05, 4.69) is 18.7 Å². The number of rotatable bonds is 7. The molecular formula is C21H31ClN2O5S. The smallest absolute Gasteiger partial charge is 0.254 e. The predicted octanol–water partition coefficient (Wildman–Crippen LogP) is 2.72. The Morgan fingerprint density at radius 1 is 1.23 bits per heavy atom. The molecule has 0 radical (unpaired) electrons. The van der Waals surface area contributed by atoms with Crippen LogP contribution in [-0.4, -0.2) is 81.6 Å². The number of hydrogen-bond acceptors (Lipinski definition) is 6. The van der Waals surface area contributed by atoms with Gasteiger partial charge in [-0.25, -0.2) is 8.42 Å². The number of carbonyl (C=O) groups excluding carboxylic acids is 1. The summed E-state index contributed by atoms with van der Waals surface area (Å²) in [5, 5.41) is 0.358. The number of ether oxygens (including phenoxy) is 2. The fourth-order valence-electron chi connectivity index (χ4n) is 3.92. The number of amides is 1. The van der Waals surface area contributed by atoms with E-state index in [9.17, 15) is 13.2 Å². The van der Waals surface area contributed by atoms with Crippen molar-refractivity contribution in [3.63, 3.8) is 0 Å². The van der Waals surface area contributed by atoms with Crippen LogP contribution in [0.5, 0.6) is 11.5 Å². The molecule has 0 spiro atoms. The second-order valence-corrected chi connectivity index (χ2v) is 11.0. The van der Waals surface area contributed by atoms with E-state index in [4.69, 9.17) is 21.1 Å². The van der Waals surface area contributed by atoms with Gasteiger partial charge in [0.2, 0.25) is 0 Å². The van der Waals surface area contributed by atoms with Crippen molar-refractivity contribution in [3.8, 4) is 11.5 Å². The summed E-state index contributed by atoms with van der Waals surface area (Å²) in [5.41, 5.74) is 0.463. The molecule has 0 N–H and O–H groups in total. The maximum Gasteiger partial charge on any atom is 0.254 e. The first-order chi connectivity index (χ1) is 14.2. The van der Waals surface area contributed by atoms with Crippen molar-refractivity contribution in [2.45, 2.75) is 32.7 Å². The second-order valence-electron chi connectivity index (χ2n) is 8.41. The highest BCUT2D eigenvalue weighted by Crippen LogP contribution is 2.37. The van der Waals surface area contributed by atoms with Gasteiger partial charge in [0.15, 0.2) is 21.3 Å². The molecule has 2 fully saturated rings. The van der Waals surface area contributed by atoms with Crippen molar-refractivity contribution in [1.82, 2.24) is 9.80 Å². The number of hydrogen-bond donors (Lipinski definition) is 0. The van der Waals surface area contributed by atoms with Gasteiger partial charge in [0.1, 0.15) is 0 Å². The van der Waals surface area contributed by atoms with Gasteiger partial charge in [-0.2, -0.15) is 0 Å². The Balaban J connectivity index is 1.63. The van der Waals surface area contributed by atoms with Gasteiger partial charge in [-0.05, 0) is 30.9 Å². The molecule has 9 heteroatoms. The third kappa shape index (κ3) is 5.59. The molecule has 1 amide bonds. The fourth-order valence-corrected chi connectivity index (χ4v) is 5.94. The lowest BCUT2D eigenvalue weighted by atomic mass is 10.1. The molecule has 2 aliphatic heterocycles. The zero-order chi connectivity index (χ0) is 21.9. The minimum absolute atomic E-state index is 0.0732. The molecule has 1 unspecified atom stereocenters. The average Bonchev–Trinajstić information content (AvgIpc) is 3.08. The van der Waals surface area contributed by atoms with E-state index in [1.807, 2.05) is 0 Å². The minimum Gasteiger partial charge on any atom is -0.493 e. The van der Waals surface area contributed by atoms with Crippen molar-refractivity contribution in [3.05, 3.63) is 22.7 Å². The molecule has 1 aromatic rings. The molecule has 2 saturated heterocycles. The fraction of sp³-hybridized carbons (Fsp3) is 0.667. The molecule has 1 atom stereocenters. The van der Waals surface area contributed by atoms with Crippen molar-refractivity contribution in [2.75, 3.05) is 51.4 Å². The van der Waals surface area contributed by atoms with Crippen LogP contribution in [0.3, 0.4) is 0 Å². The normalized spacial score (nSPS) is 21.8. The number of methoxy groups -OCH3 is 1. The summed E-state index contributed by atoms with van der Waals surface area (Å²) < 4.78 is 34.7. The molecular weight excluding hydrogens is 428 g/mol. The largest absolute Gasteiger partial charge is 0.493 e. The number of nitrogens with zero attached hydrogens (tertiary/aromatic N) is 2. The van der Waals surface area contributed by atoms with Crippen LogP contribution in [0.25, 0.3) is 0 Å². The summed E-state index contributed by atoms with van der Waals surface area (Å²) in [6, 6.07) is 3.38. The van der Waals surface area contributed by atoms with Gasteiger partial charge in [0.05, 0.1) is 30.2 Å². The van der Waals surface area contributed by atoms with Gasteiger partial charge in [-0.15, -0.1) is 0 Å². The van der Waals surface area contributed by atoms with Gasteiger partial charge < -0.3 is 14.4 Å². The van der Waals surface area contributed by atoms with Crippen LogP contribution in [0, 0.1) is 5.92 Å². The highest BCUT2D eigenvalue weighted by Gasteiger charge is 2.34. The van der Waals surface area contributed by atoms with E-state index in [1.165, 1.54) is 7.11 Å². The summed E-state index contributed by atoms with van der Waals surface area (Å²) in [4.78, 5) is 17.0. The van der Waals surface area contributed by atoms with E-state index in [0.717, 1.165) is 6.42 Å². The Bertz CT molecular complexity index is 866. The van der Waals surface area contributed by atoms with E-state index < -0.39 is 9.84 Å². The molecule has 168 valence electrons. The molecule has 7 nitrogen and oxygen atoms in total. The summed E-state index contributed by atoms with van der Waals surface area (Å²) in [6.07, 6.45) is 1.58. The van der Waals surface area contributed by atoms with Crippen LogP contribution in [-0.2, 0) is 9.84 Å². The first-order valence-electron chi connectivity index (χ1n) is 10.4. The molecule has 0 saturated carbocycles. The van der Waals surface area contributed by atoms with E-state index in [1.54, 1.807) is 17.0 Å². The van der Waals surface area contributed by atoms with Gasteiger partial charge in [-0.1, -0.05) is 25.4 Å². The molecule has 3 rings (SSSR count). The lowest BCUT2D eigenvalue weighted by Crippen LogP contribution is -2.52. The number of piperazine rings is 1. The predicted molar refractivity (Wildman–Crippen MR) is 117 cm³/mol. The molecule has 0 aromatic heterocycles. The Morgan fingerprint density at radius 2 is 1.93 bits per heavy atom. The van der Waals surface area contributed by atoms with Crippen LogP contribution in [0.2, 0.25) is 5.02 Å². The van der Waals surface area contributed by atoms with Crippen LogP contribution in [0.4, 0.5) is 0 Å². The average molecular weight is 459 g/mol. The van der Waals surface area contributed by atoms with Crippen molar-refractivity contribution < 1.29 is 22.7 Å². The number of carbonyl (C=O) groups is 1. The van der Waals surface area contributed by atoms with Gasteiger partial charge >= 0.3 is 0 Å². The third-order valence-electron chi connectivity index (χ3n) is 5.74. The lowest BCUT2D eigenvalue weighted by molar-refractivity contribution is 0.0587. The number of benzene rings is 1. The maximum atomic E-state index is 13.0. The lowest BCUT2D eigenvalue weighted by Gasteiger charge is -2.37. The summed E-state index contributed by atoms with van der Waals surface area (Å²) in [6.45, 7) is 7.23. The zero-order valence-electron chi connectivity index (χ0n) is 17.9. The third-order valence-corrected chi connectivity index (χ3v) is 7.78. The SMILES string of the molecule is COc1cc(C(=O)N2CCN(C3CCS(=O)(=O)C3)CC2)cc(Cl)c1OCCC(C)C. The van der Waals surface area contributed by atoms with Gasteiger partial charge in [0.25, 0.3) is 5.91 Å². The second kappa shape index (κ2) is 9.75. The molecule has 30 heavy (non-hydrogen) atoms. The highest BCUT2D eigenvalue weighted by molar-refractivity contribution is 7.91. The van der Waals surface area contributed by atoms with Crippen molar-refractivity contribution in [2.24, 2.45) is 5.92 Å². The van der Waals surface area contributed by atoms with Crippen molar-refractivity contribution in [1.29, 1.82) is 0 Å². The highest BCUT2D eigenvalue weighted by atomic mass is 35.5. The topological polar surface area (TPSA) is 76.2 Å². The standard InChI is InChI=1S/C21H31ClN2O5S/c1-15(2)4-10-29-20-18(22)12-16(13-19(20)28-3)21(25)24-8-6-23(7-9-24)17-5-11-30(26,27)14-17/h12-13,15,17H,4-11,14H2,1-3H3. The number of sulfone groups is 1. The van der Waals surface area contributed by atoms with E-state index in [-0.39, 0.29) is 23.5 Å². The maximum absolute atomic E-state index is 13.0. The summed E-state index contributed by atoms with van der Waals surface area (Å²) >= 11 is 6.41. The molecule has 0 bridgehead atoms. The number of halogens is 1. The molecule has 2 heterocycles. The van der Waals surface area contributed by atoms with E-state index in [0.29, 0.717) is 67.2 Å². The van der Waals surface area contributed by atoms with E-state index >= 15 is 0 Å². The van der Waals surface area contributed by atoms with Gasteiger partial charge in [0, 0.05) is 37.8 Å². The minimum atomic E-state index is -2.91. The monoisotopic (exact) mass is 458 g/mol. The molecule has 0 aliphatic carbocycles. The van der Waals surface area contributed by atoms with Gasteiger partial charge in [-0.3, -0.25) is 9.69 Å². The Hall–Kier alpha value is -1.51. The van der Waals surface area contributed by atoms with Crippen LogP contribution in [0.15, 0.2) is 12.1 Å². The summed E-state index contributed by atoms with van der Waals surface area (Å²) in [7, 11) is -1.38. The van der Waals surface area contributed by atoms with Crippen LogP contribution >= 0.6 is 11.6 Å². The van der Waals surface area contributed by atoms with Crippen LogP contribution < -0.4 is 9.47 Å². The molecule has 2 aliphatic rings. The summed E-state index contributed by atoms with van der Waals surface area (Å²) in [5.74, 6) is 1.81. The molecule has 1 aromatic carbocycles. The first kappa shape index (κ1) is 23.2. The van der Waals surface area contributed by atoms with Crippen LogP contribution in [0.1, 0.15) is 37.0 Å².